The summed E-state index contributed by atoms with van der Waals surface area (Å²) < 4.78 is 10.0. The number of halogens is 1. The molecule has 8 nitrogen and oxygen atoms in total. The summed E-state index contributed by atoms with van der Waals surface area (Å²) in [6, 6.07) is 9.45. The van der Waals surface area contributed by atoms with Gasteiger partial charge in [0.05, 0.1) is 18.4 Å². The number of carbonyl (C=O) groups excluding carboxylic acids is 2. The summed E-state index contributed by atoms with van der Waals surface area (Å²) in [4.78, 5) is 52.7. The number of ether oxygens (including phenoxy) is 1. The second-order valence-corrected chi connectivity index (χ2v) is 21.5. The Morgan fingerprint density at radius 3 is 2.25 bits per heavy atom. The molecule has 0 aliphatic heterocycles. The maximum Gasteiger partial charge on any atom is 0.309 e. The van der Waals surface area contributed by atoms with Crippen LogP contribution in [0.2, 0.25) is 5.02 Å². The lowest BCUT2D eigenvalue weighted by Crippen LogP contribution is -2.65. The molecule has 1 heterocycles. The van der Waals surface area contributed by atoms with Crippen LogP contribution in [-0.2, 0) is 39.1 Å². The predicted molar refractivity (Wildman–Crippen MR) is 219 cm³/mol. The first kappa shape index (κ1) is 41.0. The fourth-order valence-electron chi connectivity index (χ4n) is 13.8. The van der Waals surface area contributed by atoms with Gasteiger partial charge in [-0.3, -0.25) is 23.9 Å². The molecule has 5 aliphatic rings. The molecule has 0 saturated heterocycles. The van der Waals surface area contributed by atoms with E-state index in [9.17, 15) is 24.3 Å². The smallest absolute Gasteiger partial charge is 0.309 e. The van der Waals surface area contributed by atoms with E-state index >= 15 is 0 Å². The molecule has 0 unspecified atom stereocenters. The Labute approximate surface area is 338 Å². The number of rotatable bonds is 9. The van der Waals surface area contributed by atoms with E-state index in [2.05, 4.69) is 48.5 Å². The van der Waals surface area contributed by atoms with Gasteiger partial charge in [0.15, 0.2) is 5.78 Å². The molecule has 5 aliphatic carbocycles. The van der Waals surface area contributed by atoms with E-state index in [4.69, 9.17) is 16.3 Å². The zero-order valence-corrected chi connectivity index (χ0v) is 36.3. The van der Waals surface area contributed by atoms with Crippen LogP contribution < -0.4 is 5.56 Å². The van der Waals surface area contributed by atoms with Crippen LogP contribution in [0.5, 0.6) is 0 Å². The van der Waals surface area contributed by atoms with Gasteiger partial charge in [0, 0.05) is 41.1 Å². The molecule has 306 valence electrons. The minimum Gasteiger partial charge on any atom is -0.481 e. The normalized spacial score (nSPS) is 35.1. The van der Waals surface area contributed by atoms with Crippen LogP contribution in [0, 0.1) is 56.2 Å². The highest BCUT2D eigenvalue weighted by atomic mass is 35.5. The van der Waals surface area contributed by atoms with Crippen molar-refractivity contribution >= 4 is 29.3 Å². The highest BCUT2D eigenvalue weighted by Crippen LogP contribution is 2.77. The zero-order chi connectivity index (χ0) is 41.0. The number of hydrogen-bond donors (Lipinski definition) is 1. The van der Waals surface area contributed by atoms with Crippen LogP contribution in [0.25, 0.3) is 0 Å². The van der Waals surface area contributed by atoms with Crippen molar-refractivity contribution in [3.63, 3.8) is 0 Å². The summed E-state index contributed by atoms with van der Waals surface area (Å²) in [5, 5.41) is 10.3. The fourth-order valence-corrected chi connectivity index (χ4v) is 14.0. The number of fused-ring (bicyclic) bond motifs is 7. The molecular weight excluding hydrogens is 724 g/mol. The zero-order valence-electron chi connectivity index (χ0n) is 35.5. The van der Waals surface area contributed by atoms with E-state index in [1.807, 2.05) is 36.0 Å². The standard InChI is InChI=1S/C47H65ClN2O6/c1-28(2)39-33(51)25-47(24-31-23-37(52)50(49(31)10)27-29-11-13-30(48)14-12-29)22-21-45(8)32(40(39)47)15-16-35-44(7)19-18-36(56-38(53)26-42(3,4)41(54)55)43(5,6)34(44)17-20-46(35,45)9/h11-14,23,28,32,34-36H,15-22,24-27H2,1-10H3,(H,54,55)/t32-,34+,35-,36+,44+,45-,46-,47-/m1/s1. The number of nitrogens with zero attached hydrogens (tertiary/aromatic N) is 2. The summed E-state index contributed by atoms with van der Waals surface area (Å²) in [6.07, 6.45) is 8.88. The molecule has 4 saturated carbocycles. The molecule has 0 spiro atoms. The Morgan fingerprint density at radius 2 is 1.61 bits per heavy atom. The first-order chi connectivity index (χ1) is 26.0. The molecule has 1 aromatic carbocycles. The first-order valence-corrected chi connectivity index (χ1v) is 21.6. The molecule has 0 radical (unpaired) electrons. The average molecular weight is 789 g/mol. The molecule has 0 amide bonds. The van der Waals surface area contributed by atoms with Gasteiger partial charge in [0.25, 0.3) is 5.56 Å². The van der Waals surface area contributed by atoms with E-state index < -0.39 is 17.4 Å². The molecule has 56 heavy (non-hydrogen) atoms. The van der Waals surface area contributed by atoms with Crippen molar-refractivity contribution in [3.05, 3.63) is 68.1 Å². The summed E-state index contributed by atoms with van der Waals surface area (Å²) in [6.45, 7) is 20.2. The van der Waals surface area contributed by atoms with E-state index in [1.54, 1.807) is 24.6 Å². The third-order valence-corrected chi connectivity index (χ3v) is 17.3. The van der Waals surface area contributed by atoms with Gasteiger partial charge in [-0.05, 0) is 135 Å². The second-order valence-electron chi connectivity index (χ2n) is 21.0. The number of Topliss-reactive ketones (excluding diaryl/α,β-unsaturated/α-hetero) is 1. The second kappa shape index (κ2) is 13.7. The van der Waals surface area contributed by atoms with E-state index in [-0.39, 0.29) is 51.1 Å². The molecule has 4 fully saturated rings. The topological polar surface area (TPSA) is 108 Å². The van der Waals surface area contributed by atoms with Crippen molar-refractivity contribution in [2.24, 2.45) is 63.2 Å². The highest BCUT2D eigenvalue weighted by molar-refractivity contribution is 6.30. The summed E-state index contributed by atoms with van der Waals surface area (Å²) >= 11 is 6.15. The Kier molecular flexibility index (Phi) is 10.1. The largest absolute Gasteiger partial charge is 0.481 e. The summed E-state index contributed by atoms with van der Waals surface area (Å²) in [5.41, 5.74) is 2.88. The van der Waals surface area contributed by atoms with E-state index in [0.29, 0.717) is 47.9 Å². The third kappa shape index (κ3) is 6.20. The van der Waals surface area contributed by atoms with Gasteiger partial charge < -0.3 is 9.84 Å². The van der Waals surface area contributed by atoms with Crippen LogP contribution in [0.4, 0.5) is 0 Å². The molecule has 0 bridgehead atoms. The average Bonchev–Trinajstić information content (AvgIpc) is 3.54. The lowest BCUT2D eigenvalue weighted by Gasteiger charge is -2.72. The van der Waals surface area contributed by atoms with Crippen molar-refractivity contribution in [2.75, 3.05) is 0 Å². The van der Waals surface area contributed by atoms with Gasteiger partial charge >= 0.3 is 11.9 Å². The van der Waals surface area contributed by atoms with Gasteiger partial charge in [0.2, 0.25) is 0 Å². The molecule has 1 N–H and O–H groups in total. The Bertz CT molecular complexity index is 2020. The number of hydrogen-bond acceptors (Lipinski definition) is 5. The number of carboxylic acids is 1. The minimum atomic E-state index is -1.17. The number of aromatic nitrogens is 2. The van der Waals surface area contributed by atoms with Crippen molar-refractivity contribution in [1.82, 2.24) is 9.36 Å². The molecule has 8 atom stereocenters. The van der Waals surface area contributed by atoms with Crippen molar-refractivity contribution in [3.8, 4) is 0 Å². The summed E-state index contributed by atoms with van der Waals surface area (Å²) in [7, 11) is 1.99. The Balaban J connectivity index is 1.18. The molecule has 1 aromatic heterocycles. The van der Waals surface area contributed by atoms with Gasteiger partial charge in [-0.2, -0.15) is 0 Å². The van der Waals surface area contributed by atoms with E-state index in [1.165, 1.54) is 5.57 Å². The molecule has 2 aromatic rings. The predicted octanol–water partition coefficient (Wildman–Crippen LogP) is 9.82. The number of aliphatic carboxylic acids is 1. The summed E-state index contributed by atoms with van der Waals surface area (Å²) in [5.74, 6) is 0.190. The SMILES string of the molecule is CC(C)C1=C2[C@H]3CC[C@@H]4[C@@]5(C)CC[C@H](OC(=O)CC(C)(C)C(=O)O)C(C)(C)[C@@H]5CC[C@@]4(C)[C@]3(C)CC[C@@]2(Cc2cc(=O)n(Cc3ccc(Cl)cc3)n2C)CC1=O. The highest BCUT2D eigenvalue weighted by Gasteiger charge is 2.70. The maximum absolute atomic E-state index is 14.3. The lowest BCUT2D eigenvalue weighted by molar-refractivity contribution is -0.233. The molecular formula is C47H65ClN2O6. The van der Waals surface area contributed by atoms with Crippen LogP contribution in [0.3, 0.4) is 0 Å². The maximum atomic E-state index is 14.3. The van der Waals surface area contributed by atoms with Gasteiger partial charge in [-0.25, -0.2) is 4.68 Å². The number of esters is 1. The van der Waals surface area contributed by atoms with Crippen molar-refractivity contribution in [2.45, 2.75) is 146 Å². The number of benzene rings is 1. The lowest BCUT2D eigenvalue weighted by atomic mass is 9.33. The third-order valence-electron chi connectivity index (χ3n) is 17.0. The van der Waals surface area contributed by atoms with Crippen molar-refractivity contribution in [1.29, 1.82) is 0 Å². The number of allylic oxidation sites excluding steroid dienone is 2. The van der Waals surface area contributed by atoms with Gasteiger partial charge in [-0.1, -0.05) is 77.8 Å². The fraction of sp³-hybridized carbons (Fsp3) is 0.702. The van der Waals surface area contributed by atoms with E-state index in [0.717, 1.165) is 68.2 Å². The number of ketones is 1. The Hall–Kier alpha value is -3.13. The van der Waals surface area contributed by atoms with Crippen molar-refractivity contribution < 1.29 is 24.2 Å². The number of carboxylic acid groups (broad SMARTS) is 1. The monoisotopic (exact) mass is 788 g/mol. The van der Waals surface area contributed by atoms with Crippen LogP contribution in [0.1, 0.15) is 138 Å². The van der Waals surface area contributed by atoms with Gasteiger partial charge in [0.1, 0.15) is 6.10 Å². The van der Waals surface area contributed by atoms with Crippen LogP contribution in [0.15, 0.2) is 46.3 Å². The van der Waals surface area contributed by atoms with Crippen LogP contribution in [-0.4, -0.2) is 38.3 Å². The first-order valence-electron chi connectivity index (χ1n) is 21.2. The van der Waals surface area contributed by atoms with Crippen LogP contribution >= 0.6 is 11.6 Å². The van der Waals surface area contributed by atoms with Gasteiger partial charge in [-0.15, -0.1) is 0 Å². The minimum absolute atomic E-state index is 0.00968. The quantitative estimate of drug-likeness (QED) is 0.254. The Morgan fingerprint density at radius 1 is 0.929 bits per heavy atom. The number of carbonyl (C=O) groups is 3. The molecule has 7 rings (SSSR count). The molecule has 9 heteroatoms.